The Morgan fingerprint density at radius 2 is 1.88 bits per heavy atom. The first-order valence-electron chi connectivity index (χ1n) is 10.3. The number of methoxy groups -OCH3 is 1. The number of nitrogens with one attached hydrogen (secondary N) is 2. The van der Waals surface area contributed by atoms with E-state index in [0.717, 1.165) is 18.4 Å². The Labute approximate surface area is 186 Å². The average Bonchev–Trinajstić information content (AvgIpc) is 3.50. The number of hydrogen-bond donors (Lipinski definition) is 2. The van der Waals surface area contributed by atoms with Crippen LogP contribution in [0.15, 0.2) is 53.4 Å². The predicted molar refractivity (Wildman–Crippen MR) is 118 cm³/mol. The molecule has 32 heavy (non-hydrogen) atoms. The SMILES string of the molecule is COc1ccc(C(=O)NC(c2ccccc2)c2n[nH]c(C)n2)cc1S(=O)(=O)N1CCCC1. The summed E-state index contributed by atoms with van der Waals surface area (Å²) in [6.45, 7) is 2.70. The third-order valence-corrected chi connectivity index (χ3v) is 7.31. The lowest BCUT2D eigenvalue weighted by Crippen LogP contribution is -2.31. The van der Waals surface area contributed by atoms with Gasteiger partial charge in [-0.25, -0.2) is 13.4 Å². The molecule has 1 unspecified atom stereocenters. The van der Waals surface area contributed by atoms with Crippen LogP contribution < -0.4 is 10.1 Å². The fourth-order valence-corrected chi connectivity index (χ4v) is 5.43. The van der Waals surface area contributed by atoms with E-state index < -0.39 is 22.0 Å². The second-order valence-electron chi connectivity index (χ2n) is 7.57. The van der Waals surface area contributed by atoms with Gasteiger partial charge in [-0.3, -0.25) is 9.89 Å². The molecule has 10 heteroatoms. The lowest BCUT2D eigenvalue weighted by atomic mass is 10.1. The molecular weight excluding hydrogens is 430 g/mol. The number of rotatable bonds is 7. The van der Waals surface area contributed by atoms with E-state index in [1.807, 2.05) is 30.3 Å². The molecule has 9 nitrogen and oxygen atoms in total. The van der Waals surface area contributed by atoms with E-state index in [1.165, 1.54) is 23.5 Å². The smallest absolute Gasteiger partial charge is 0.252 e. The molecule has 1 aliphatic rings. The van der Waals surface area contributed by atoms with E-state index in [-0.39, 0.29) is 16.2 Å². The third-order valence-electron chi connectivity index (χ3n) is 5.39. The van der Waals surface area contributed by atoms with Crippen LogP contribution in [0.3, 0.4) is 0 Å². The van der Waals surface area contributed by atoms with Crippen LogP contribution in [0.25, 0.3) is 0 Å². The first-order chi connectivity index (χ1) is 15.4. The summed E-state index contributed by atoms with van der Waals surface area (Å²) in [6.07, 6.45) is 1.63. The van der Waals surface area contributed by atoms with Crippen LogP contribution in [0.1, 0.15) is 46.5 Å². The maximum absolute atomic E-state index is 13.2. The van der Waals surface area contributed by atoms with Crippen LogP contribution in [0.4, 0.5) is 0 Å². The number of ether oxygens (including phenoxy) is 1. The first kappa shape index (κ1) is 22.0. The highest BCUT2D eigenvalue weighted by Gasteiger charge is 2.31. The molecule has 1 aliphatic heterocycles. The highest BCUT2D eigenvalue weighted by atomic mass is 32.2. The number of carbonyl (C=O) groups excluding carboxylic acids is 1. The van der Waals surface area contributed by atoms with Gasteiger partial charge in [0, 0.05) is 18.7 Å². The van der Waals surface area contributed by atoms with Gasteiger partial charge in [-0.15, -0.1) is 0 Å². The van der Waals surface area contributed by atoms with Crippen LogP contribution in [-0.2, 0) is 10.0 Å². The molecule has 0 bridgehead atoms. The van der Waals surface area contributed by atoms with Gasteiger partial charge in [-0.1, -0.05) is 30.3 Å². The van der Waals surface area contributed by atoms with Crippen molar-refractivity contribution in [2.45, 2.75) is 30.7 Å². The number of carbonyl (C=O) groups is 1. The first-order valence-corrected chi connectivity index (χ1v) is 11.8. The maximum Gasteiger partial charge on any atom is 0.252 e. The summed E-state index contributed by atoms with van der Waals surface area (Å²) >= 11 is 0. The Morgan fingerprint density at radius 1 is 1.16 bits per heavy atom. The van der Waals surface area contributed by atoms with E-state index in [0.29, 0.717) is 24.7 Å². The molecule has 1 aromatic heterocycles. The van der Waals surface area contributed by atoms with E-state index in [9.17, 15) is 13.2 Å². The lowest BCUT2D eigenvalue weighted by Gasteiger charge is -2.19. The zero-order valence-electron chi connectivity index (χ0n) is 17.9. The topological polar surface area (TPSA) is 117 Å². The molecule has 2 heterocycles. The molecule has 1 fully saturated rings. The largest absolute Gasteiger partial charge is 0.495 e. The molecule has 168 valence electrons. The summed E-state index contributed by atoms with van der Waals surface area (Å²) in [4.78, 5) is 17.5. The van der Waals surface area contributed by atoms with Crippen molar-refractivity contribution >= 4 is 15.9 Å². The van der Waals surface area contributed by atoms with Gasteiger partial charge in [0.15, 0.2) is 5.82 Å². The Balaban J connectivity index is 1.67. The van der Waals surface area contributed by atoms with E-state index in [1.54, 1.807) is 13.0 Å². The molecule has 0 saturated carbocycles. The molecule has 1 amide bonds. The van der Waals surface area contributed by atoms with Crippen LogP contribution in [-0.4, -0.2) is 54.0 Å². The van der Waals surface area contributed by atoms with Crippen molar-refractivity contribution in [3.8, 4) is 5.75 Å². The normalized spacial score (nSPS) is 15.4. The summed E-state index contributed by atoms with van der Waals surface area (Å²) in [5, 5.41) is 9.93. The Bertz CT molecular complexity index is 1200. The minimum Gasteiger partial charge on any atom is -0.495 e. The number of amides is 1. The molecular formula is C22H25N5O4S. The molecule has 1 saturated heterocycles. The molecule has 0 aliphatic carbocycles. The molecule has 1 atom stereocenters. The van der Waals surface area contributed by atoms with Gasteiger partial charge in [-0.2, -0.15) is 9.40 Å². The molecule has 2 aromatic carbocycles. The minimum atomic E-state index is -3.77. The number of benzene rings is 2. The standard InChI is InChI=1S/C22H25N5O4S/c1-15-23-21(26-25-15)20(16-8-4-3-5-9-16)24-22(28)17-10-11-18(31-2)19(14-17)32(29,30)27-12-6-7-13-27/h3-5,8-11,14,20H,6-7,12-13H2,1-2H3,(H,24,28)(H,23,25,26). The average molecular weight is 456 g/mol. The van der Waals surface area contributed by atoms with Gasteiger partial charge in [0.1, 0.15) is 22.5 Å². The quantitative estimate of drug-likeness (QED) is 0.565. The Kier molecular flexibility index (Phi) is 6.24. The summed E-state index contributed by atoms with van der Waals surface area (Å²) < 4.78 is 33.0. The number of H-pyrrole nitrogens is 1. The van der Waals surface area contributed by atoms with Crippen LogP contribution in [0, 0.1) is 6.92 Å². The molecule has 2 N–H and O–H groups in total. The van der Waals surface area contributed by atoms with Crippen LogP contribution in [0.5, 0.6) is 5.75 Å². The molecule has 0 radical (unpaired) electrons. The second-order valence-corrected chi connectivity index (χ2v) is 9.48. The van der Waals surface area contributed by atoms with Crippen molar-refractivity contribution in [1.82, 2.24) is 24.8 Å². The van der Waals surface area contributed by atoms with Gasteiger partial charge in [0.05, 0.1) is 7.11 Å². The van der Waals surface area contributed by atoms with Crippen molar-refractivity contribution in [2.24, 2.45) is 0 Å². The number of aromatic nitrogens is 3. The minimum absolute atomic E-state index is 0.0143. The number of nitrogens with zero attached hydrogens (tertiary/aromatic N) is 3. The monoisotopic (exact) mass is 455 g/mol. The fourth-order valence-electron chi connectivity index (χ4n) is 3.73. The van der Waals surface area contributed by atoms with Crippen molar-refractivity contribution in [2.75, 3.05) is 20.2 Å². The van der Waals surface area contributed by atoms with Crippen LogP contribution >= 0.6 is 0 Å². The number of aromatic amines is 1. The van der Waals surface area contributed by atoms with Gasteiger partial charge >= 0.3 is 0 Å². The van der Waals surface area contributed by atoms with Crippen LogP contribution in [0.2, 0.25) is 0 Å². The molecule has 4 rings (SSSR count). The van der Waals surface area contributed by atoms with E-state index >= 15 is 0 Å². The van der Waals surface area contributed by atoms with Crippen molar-refractivity contribution in [3.05, 3.63) is 71.3 Å². The van der Waals surface area contributed by atoms with Crippen molar-refractivity contribution in [1.29, 1.82) is 0 Å². The predicted octanol–water partition coefficient (Wildman–Crippen LogP) is 2.43. The molecule has 3 aromatic rings. The van der Waals surface area contributed by atoms with Crippen molar-refractivity contribution < 1.29 is 17.9 Å². The summed E-state index contributed by atoms with van der Waals surface area (Å²) in [5.74, 6) is 0.804. The highest BCUT2D eigenvalue weighted by molar-refractivity contribution is 7.89. The van der Waals surface area contributed by atoms with Crippen molar-refractivity contribution in [3.63, 3.8) is 0 Å². The summed E-state index contributed by atoms with van der Waals surface area (Å²) in [6, 6.07) is 13.2. The van der Waals surface area contributed by atoms with Gasteiger partial charge in [-0.05, 0) is 43.5 Å². The second kappa shape index (κ2) is 9.09. The van der Waals surface area contributed by atoms with Gasteiger partial charge in [0.2, 0.25) is 10.0 Å². The lowest BCUT2D eigenvalue weighted by molar-refractivity contribution is 0.0941. The fraction of sp³-hybridized carbons (Fsp3) is 0.318. The van der Waals surface area contributed by atoms with E-state index in [4.69, 9.17) is 4.74 Å². The van der Waals surface area contributed by atoms with Gasteiger partial charge < -0.3 is 10.1 Å². The third kappa shape index (κ3) is 4.37. The number of aryl methyl sites for hydroxylation is 1. The Morgan fingerprint density at radius 3 is 2.50 bits per heavy atom. The maximum atomic E-state index is 13.2. The Hall–Kier alpha value is -3.24. The molecule has 0 spiro atoms. The summed E-state index contributed by atoms with van der Waals surface area (Å²) in [7, 11) is -2.36. The van der Waals surface area contributed by atoms with Gasteiger partial charge in [0.25, 0.3) is 5.91 Å². The number of hydrogen-bond acceptors (Lipinski definition) is 6. The zero-order chi connectivity index (χ0) is 22.7. The summed E-state index contributed by atoms with van der Waals surface area (Å²) in [5.41, 5.74) is 1.01. The van der Waals surface area contributed by atoms with E-state index in [2.05, 4.69) is 20.5 Å². The zero-order valence-corrected chi connectivity index (χ0v) is 18.7. The highest BCUT2D eigenvalue weighted by Crippen LogP contribution is 2.30. The number of sulfonamides is 1.